The van der Waals surface area contributed by atoms with Crippen molar-refractivity contribution in [2.75, 3.05) is 6.54 Å². The summed E-state index contributed by atoms with van der Waals surface area (Å²) in [5.41, 5.74) is 5.77. The van der Waals surface area contributed by atoms with Crippen LogP contribution < -0.4 is 11.1 Å². The van der Waals surface area contributed by atoms with Crippen LogP contribution >= 0.6 is 35.6 Å². The highest BCUT2D eigenvalue weighted by atomic mass is 35.5. The highest BCUT2D eigenvalue weighted by Gasteiger charge is 2.20. The molecule has 0 radical (unpaired) electrons. The van der Waals surface area contributed by atoms with Crippen LogP contribution in [0.5, 0.6) is 0 Å². The van der Waals surface area contributed by atoms with Gasteiger partial charge in [0.2, 0.25) is 5.91 Å². The Hall–Kier alpha value is -0.550. The third-order valence-corrected chi connectivity index (χ3v) is 3.39. The molecule has 0 aliphatic rings. The van der Waals surface area contributed by atoms with Gasteiger partial charge in [-0.25, -0.2) is 4.39 Å². The van der Waals surface area contributed by atoms with E-state index >= 15 is 0 Å². The third kappa shape index (κ3) is 4.49. The van der Waals surface area contributed by atoms with Gasteiger partial charge in [0.25, 0.3) is 0 Å². The lowest BCUT2D eigenvalue weighted by atomic mass is 10.1. The van der Waals surface area contributed by atoms with Gasteiger partial charge in [0.15, 0.2) is 0 Å². The quantitative estimate of drug-likeness (QED) is 0.833. The van der Waals surface area contributed by atoms with Gasteiger partial charge in [-0.2, -0.15) is 0 Å². The second-order valence-corrected chi connectivity index (χ2v) is 4.91. The predicted octanol–water partition coefficient (Wildman–Crippen LogP) is 3.33. The van der Waals surface area contributed by atoms with Crippen LogP contribution in [-0.2, 0) is 4.79 Å². The van der Waals surface area contributed by atoms with E-state index in [-0.39, 0.29) is 35.8 Å². The van der Waals surface area contributed by atoms with E-state index in [2.05, 4.69) is 5.32 Å². The summed E-state index contributed by atoms with van der Waals surface area (Å²) in [4.78, 5) is 11.7. The Balaban J connectivity index is 0.00000324. The van der Waals surface area contributed by atoms with Crippen LogP contribution in [0.3, 0.4) is 0 Å². The van der Waals surface area contributed by atoms with Crippen LogP contribution in [0.15, 0.2) is 12.1 Å². The van der Waals surface area contributed by atoms with E-state index in [0.29, 0.717) is 10.6 Å². The minimum absolute atomic E-state index is 0. The molecule has 1 aromatic carbocycles. The molecular formula is C12H16Cl3FN2O. The second-order valence-electron chi connectivity index (χ2n) is 4.12. The fourth-order valence-electron chi connectivity index (χ4n) is 1.47. The van der Waals surface area contributed by atoms with Crippen molar-refractivity contribution in [2.45, 2.75) is 19.9 Å². The van der Waals surface area contributed by atoms with Crippen molar-refractivity contribution in [1.29, 1.82) is 0 Å². The summed E-state index contributed by atoms with van der Waals surface area (Å²) in [5, 5.41) is 2.94. The smallest absolute Gasteiger partial charge is 0.224 e. The molecule has 0 saturated carbocycles. The van der Waals surface area contributed by atoms with Crippen LogP contribution in [0.25, 0.3) is 0 Å². The first-order chi connectivity index (χ1) is 8.38. The Morgan fingerprint density at radius 3 is 2.53 bits per heavy atom. The maximum atomic E-state index is 13.4. The van der Waals surface area contributed by atoms with E-state index in [0.717, 1.165) is 0 Å². The van der Waals surface area contributed by atoms with Gasteiger partial charge in [-0.05, 0) is 19.1 Å². The number of carbonyl (C=O) groups excluding carboxylic acids is 1. The highest BCUT2D eigenvalue weighted by Crippen LogP contribution is 2.32. The van der Waals surface area contributed by atoms with Gasteiger partial charge < -0.3 is 11.1 Å². The van der Waals surface area contributed by atoms with E-state index in [9.17, 15) is 9.18 Å². The SMILES string of the molecule is CC(CN)C(=O)NC(C)c1c(Cl)ccc(F)c1Cl.Cl. The maximum absolute atomic E-state index is 13.4. The lowest BCUT2D eigenvalue weighted by Crippen LogP contribution is -2.35. The zero-order valence-corrected chi connectivity index (χ0v) is 12.9. The molecular weight excluding hydrogens is 314 g/mol. The number of nitrogens with two attached hydrogens (primary N) is 1. The van der Waals surface area contributed by atoms with Gasteiger partial charge in [0, 0.05) is 23.0 Å². The summed E-state index contributed by atoms with van der Waals surface area (Å²) in [5.74, 6) is -1.11. The molecule has 3 nitrogen and oxygen atoms in total. The van der Waals surface area contributed by atoms with Gasteiger partial charge >= 0.3 is 0 Å². The first kappa shape index (κ1) is 18.4. The van der Waals surface area contributed by atoms with Crippen molar-refractivity contribution in [3.05, 3.63) is 33.6 Å². The van der Waals surface area contributed by atoms with Gasteiger partial charge in [-0.15, -0.1) is 12.4 Å². The van der Waals surface area contributed by atoms with Crippen molar-refractivity contribution < 1.29 is 9.18 Å². The molecule has 0 saturated heterocycles. The van der Waals surface area contributed by atoms with E-state index in [1.165, 1.54) is 12.1 Å². The standard InChI is InChI=1S/C12H15Cl2FN2O.ClH/c1-6(5-16)12(18)17-7(2)10-8(13)3-4-9(15)11(10)14;/h3-4,6-7H,5,16H2,1-2H3,(H,17,18);1H. The lowest BCUT2D eigenvalue weighted by molar-refractivity contribution is -0.124. The van der Waals surface area contributed by atoms with E-state index in [1.807, 2.05) is 0 Å². The molecule has 108 valence electrons. The molecule has 2 unspecified atom stereocenters. The van der Waals surface area contributed by atoms with Crippen molar-refractivity contribution in [2.24, 2.45) is 11.7 Å². The number of rotatable bonds is 4. The highest BCUT2D eigenvalue weighted by molar-refractivity contribution is 6.36. The van der Waals surface area contributed by atoms with Gasteiger partial charge in [0.05, 0.1) is 11.1 Å². The number of halogens is 4. The molecule has 0 aliphatic carbocycles. The summed E-state index contributed by atoms with van der Waals surface area (Å²) in [6, 6.07) is 2.11. The van der Waals surface area contributed by atoms with Crippen LogP contribution in [0.4, 0.5) is 4.39 Å². The molecule has 7 heteroatoms. The Labute approximate surface area is 128 Å². The van der Waals surface area contributed by atoms with Crippen LogP contribution in [0.1, 0.15) is 25.5 Å². The summed E-state index contributed by atoms with van der Waals surface area (Å²) in [7, 11) is 0. The zero-order valence-electron chi connectivity index (χ0n) is 10.5. The molecule has 1 rings (SSSR count). The van der Waals surface area contributed by atoms with Gasteiger partial charge in [0.1, 0.15) is 5.82 Å². The Kier molecular flexibility index (Phi) is 7.67. The van der Waals surface area contributed by atoms with E-state index in [1.54, 1.807) is 13.8 Å². The predicted molar refractivity (Wildman–Crippen MR) is 78.4 cm³/mol. The van der Waals surface area contributed by atoms with Crippen LogP contribution in [0.2, 0.25) is 10.0 Å². The Morgan fingerprint density at radius 2 is 2.00 bits per heavy atom. The lowest BCUT2D eigenvalue weighted by Gasteiger charge is -2.19. The number of amides is 1. The average molecular weight is 330 g/mol. The molecule has 1 aromatic rings. The van der Waals surface area contributed by atoms with Crippen molar-refractivity contribution in [1.82, 2.24) is 5.32 Å². The summed E-state index contributed by atoms with van der Waals surface area (Å²) in [6.07, 6.45) is 0. The van der Waals surface area contributed by atoms with E-state index < -0.39 is 11.9 Å². The summed E-state index contributed by atoms with van der Waals surface area (Å²) in [6.45, 7) is 3.63. The largest absolute Gasteiger partial charge is 0.349 e. The van der Waals surface area contributed by atoms with Crippen molar-refractivity contribution in [3.63, 3.8) is 0 Å². The fourth-order valence-corrected chi connectivity index (χ4v) is 2.17. The van der Waals surface area contributed by atoms with Crippen LogP contribution in [-0.4, -0.2) is 12.5 Å². The van der Waals surface area contributed by atoms with Crippen molar-refractivity contribution >= 4 is 41.5 Å². The van der Waals surface area contributed by atoms with Crippen LogP contribution in [0, 0.1) is 11.7 Å². The molecule has 0 bridgehead atoms. The second kappa shape index (κ2) is 7.90. The third-order valence-electron chi connectivity index (χ3n) is 2.67. The van der Waals surface area contributed by atoms with Gasteiger partial charge in [-0.3, -0.25) is 4.79 Å². The molecule has 2 atom stereocenters. The number of carbonyl (C=O) groups is 1. The molecule has 0 fully saturated rings. The average Bonchev–Trinajstić information content (AvgIpc) is 2.33. The first-order valence-corrected chi connectivity index (χ1v) is 6.27. The zero-order chi connectivity index (χ0) is 13.9. The summed E-state index contributed by atoms with van der Waals surface area (Å²) >= 11 is 11.8. The number of benzene rings is 1. The fraction of sp³-hybridized carbons (Fsp3) is 0.417. The first-order valence-electron chi connectivity index (χ1n) is 5.52. The molecule has 0 aliphatic heterocycles. The molecule has 0 heterocycles. The molecule has 3 N–H and O–H groups in total. The van der Waals surface area contributed by atoms with Gasteiger partial charge in [-0.1, -0.05) is 30.1 Å². The Morgan fingerprint density at radius 1 is 1.42 bits per heavy atom. The molecule has 1 amide bonds. The summed E-state index contributed by atoms with van der Waals surface area (Å²) < 4.78 is 13.4. The number of nitrogens with one attached hydrogen (secondary N) is 1. The monoisotopic (exact) mass is 328 g/mol. The minimum atomic E-state index is -0.566. The Bertz CT molecular complexity index is 457. The molecule has 0 aromatic heterocycles. The maximum Gasteiger partial charge on any atom is 0.224 e. The van der Waals surface area contributed by atoms with Crippen molar-refractivity contribution in [3.8, 4) is 0 Å². The van der Waals surface area contributed by atoms with E-state index in [4.69, 9.17) is 28.9 Å². The number of hydrogen-bond donors (Lipinski definition) is 2. The normalized spacial score (nSPS) is 13.4. The molecule has 19 heavy (non-hydrogen) atoms. The minimum Gasteiger partial charge on any atom is -0.349 e. The topological polar surface area (TPSA) is 55.1 Å². The molecule has 0 spiro atoms. The number of hydrogen-bond acceptors (Lipinski definition) is 2.